The minimum absolute atomic E-state index is 0.0669. The van der Waals surface area contributed by atoms with E-state index in [0.717, 1.165) is 19.3 Å². The largest absolute Gasteiger partial charge is 0.462 e. The topological polar surface area (TPSA) is 72.8 Å². The average Bonchev–Trinajstić information content (AvgIpc) is 2.97. The van der Waals surface area contributed by atoms with Crippen molar-refractivity contribution in [2.24, 2.45) is 45.3 Å². The Morgan fingerprint density at radius 2 is 1.75 bits per heavy atom. The van der Waals surface area contributed by atoms with E-state index in [9.17, 15) is 14.7 Å². The van der Waals surface area contributed by atoms with Gasteiger partial charge in [0.15, 0.2) is 0 Å². The summed E-state index contributed by atoms with van der Waals surface area (Å²) in [7, 11) is 0. The van der Waals surface area contributed by atoms with Gasteiger partial charge in [0.05, 0.1) is 5.92 Å². The molecule has 0 aromatic rings. The molecule has 0 spiro atoms. The molecule has 1 N–H and O–H groups in total. The molecule has 0 unspecified atom stereocenters. The monoisotopic (exact) mass is 444 g/mol. The third-order valence-corrected chi connectivity index (χ3v) is 11.2. The number of ether oxygens (including phenoxy) is 2. The SMILES string of the molecule is CC(=O)O[C@@H]1C[C@H]2[C@](C)(CC[C@H]3C(C)(C)CCC[C@]23C)[C@@H]2CC=C3C(=O)O[C@@H](O)[C@@H]3[C@@]12C. The van der Waals surface area contributed by atoms with Crippen molar-refractivity contribution in [3.63, 3.8) is 0 Å². The predicted octanol–water partition coefficient (Wildman–Crippen LogP) is 5.01. The van der Waals surface area contributed by atoms with Gasteiger partial charge in [-0.25, -0.2) is 4.79 Å². The zero-order valence-corrected chi connectivity index (χ0v) is 20.6. The highest BCUT2D eigenvalue weighted by Crippen LogP contribution is 2.73. The summed E-state index contributed by atoms with van der Waals surface area (Å²) in [6.07, 6.45) is 8.23. The van der Waals surface area contributed by atoms with E-state index < -0.39 is 23.6 Å². The molecule has 5 aliphatic rings. The van der Waals surface area contributed by atoms with Gasteiger partial charge < -0.3 is 14.6 Å². The molecular weight excluding hydrogens is 404 g/mol. The number of carbonyl (C=O) groups is 2. The van der Waals surface area contributed by atoms with Gasteiger partial charge in [-0.05, 0) is 72.5 Å². The molecule has 5 heteroatoms. The van der Waals surface area contributed by atoms with E-state index in [4.69, 9.17) is 9.47 Å². The van der Waals surface area contributed by atoms with Gasteiger partial charge in [0.25, 0.3) is 0 Å². The molecule has 0 aromatic carbocycles. The standard InChI is InChI=1S/C27H40O5/c1-15(28)31-20-14-19-25(4)12-7-11-24(2,3)17(25)10-13-26(19,5)18-9-8-16-21(27(18,20)6)23(30)32-22(16)29/h8,17-21,23,30H,7,9-14H2,1-6H3/t17-,18-,19+,20+,21+,23+,25-,26+,27+/m0/s1. The Morgan fingerprint density at radius 3 is 2.44 bits per heavy atom. The van der Waals surface area contributed by atoms with Gasteiger partial charge in [-0.3, -0.25) is 4.79 Å². The second kappa shape index (κ2) is 6.84. The van der Waals surface area contributed by atoms with Crippen molar-refractivity contribution in [2.45, 2.75) is 98.9 Å². The Bertz CT molecular complexity index is 875. The van der Waals surface area contributed by atoms with Crippen LogP contribution in [0.2, 0.25) is 0 Å². The van der Waals surface area contributed by atoms with Gasteiger partial charge in [0.2, 0.25) is 6.29 Å². The lowest BCUT2D eigenvalue weighted by Gasteiger charge is -2.70. The van der Waals surface area contributed by atoms with Crippen LogP contribution in [0.1, 0.15) is 86.5 Å². The molecule has 1 heterocycles. The molecule has 32 heavy (non-hydrogen) atoms. The lowest BCUT2D eigenvalue weighted by Crippen LogP contribution is -2.67. The number of cyclic esters (lactones) is 1. The van der Waals surface area contributed by atoms with Crippen molar-refractivity contribution in [1.82, 2.24) is 0 Å². The van der Waals surface area contributed by atoms with Gasteiger partial charge in [-0.2, -0.15) is 0 Å². The quantitative estimate of drug-likeness (QED) is 0.575. The molecular formula is C27H40O5. The molecule has 1 saturated heterocycles. The van der Waals surface area contributed by atoms with E-state index >= 15 is 0 Å². The highest BCUT2D eigenvalue weighted by atomic mass is 16.6. The van der Waals surface area contributed by atoms with E-state index in [0.29, 0.717) is 22.8 Å². The fourth-order valence-electron chi connectivity index (χ4n) is 9.98. The van der Waals surface area contributed by atoms with Crippen LogP contribution in [0.15, 0.2) is 11.6 Å². The molecule has 3 saturated carbocycles. The molecule has 0 radical (unpaired) electrons. The lowest BCUT2D eigenvalue weighted by molar-refractivity contribution is -0.252. The van der Waals surface area contributed by atoms with Crippen LogP contribution in [0, 0.1) is 45.3 Å². The maximum Gasteiger partial charge on any atom is 0.336 e. The van der Waals surface area contributed by atoms with E-state index in [1.54, 1.807) is 0 Å². The summed E-state index contributed by atoms with van der Waals surface area (Å²) in [5, 5.41) is 10.8. The average molecular weight is 445 g/mol. The zero-order valence-electron chi connectivity index (χ0n) is 20.6. The van der Waals surface area contributed by atoms with Crippen LogP contribution in [0.4, 0.5) is 0 Å². The molecule has 5 nitrogen and oxygen atoms in total. The summed E-state index contributed by atoms with van der Waals surface area (Å²) in [6.45, 7) is 13.5. The van der Waals surface area contributed by atoms with E-state index in [-0.39, 0.29) is 28.8 Å². The molecule has 9 atom stereocenters. The van der Waals surface area contributed by atoms with Crippen molar-refractivity contribution in [3.8, 4) is 0 Å². The van der Waals surface area contributed by atoms with Crippen molar-refractivity contribution in [1.29, 1.82) is 0 Å². The van der Waals surface area contributed by atoms with Crippen molar-refractivity contribution >= 4 is 11.9 Å². The first-order chi connectivity index (χ1) is 14.9. The number of hydrogen-bond donors (Lipinski definition) is 1. The Balaban J connectivity index is 1.64. The second-order valence-corrected chi connectivity index (χ2v) is 12.9. The predicted molar refractivity (Wildman–Crippen MR) is 120 cm³/mol. The summed E-state index contributed by atoms with van der Waals surface area (Å²) < 4.78 is 11.4. The number of fused-ring (bicyclic) bond motifs is 7. The van der Waals surface area contributed by atoms with Crippen LogP contribution in [-0.2, 0) is 19.1 Å². The Labute approximate surface area is 192 Å². The highest BCUT2D eigenvalue weighted by Gasteiger charge is 2.71. The fourth-order valence-corrected chi connectivity index (χ4v) is 9.98. The van der Waals surface area contributed by atoms with Gasteiger partial charge >= 0.3 is 11.9 Å². The summed E-state index contributed by atoms with van der Waals surface area (Å²) >= 11 is 0. The van der Waals surface area contributed by atoms with Crippen molar-refractivity contribution < 1.29 is 24.2 Å². The zero-order chi connectivity index (χ0) is 23.3. The minimum Gasteiger partial charge on any atom is -0.462 e. The summed E-state index contributed by atoms with van der Waals surface area (Å²) in [5.41, 5.74) is 0.651. The van der Waals surface area contributed by atoms with Crippen LogP contribution >= 0.6 is 0 Å². The van der Waals surface area contributed by atoms with Gasteiger partial charge in [-0.1, -0.05) is 47.1 Å². The smallest absolute Gasteiger partial charge is 0.336 e. The molecule has 5 rings (SSSR count). The van der Waals surface area contributed by atoms with E-state index in [2.05, 4.69) is 34.6 Å². The highest BCUT2D eigenvalue weighted by molar-refractivity contribution is 5.91. The Hall–Kier alpha value is -1.36. The number of esters is 2. The molecule has 0 amide bonds. The number of carbonyl (C=O) groups excluding carboxylic acids is 2. The van der Waals surface area contributed by atoms with Crippen LogP contribution in [0.5, 0.6) is 0 Å². The molecule has 4 fully saturated rings. The van der Waals surface area contributed by atoms with Gasteiger partial charge in [0.1, 0.15) is 6.10 Å². The van der Waals surface area contributed by atoms with Gasteiger partial charge in [-0.15, -0.1) is 0 Å². The van der Waals surface area contributed by atoms with Crippen LogP contribution in [0.3, 0.4) is 0 Å². The third-order valence-electron chi connectivity index (χ3n) is 11.2. The summed E-state index contributed by atoms with van der Waals surface area (Å²) in [6, 6.07) is 0. The van der Waals surface area contributed by atoms with Crippen molar-refractivity contribution in [2.75, 3.05) is 0 Å². The maximum absolute atomic E-state index is 12.5. The van der Waals surface area contributed by atoms with Gasteiger partial charge in [0, 0.05) is 17.9 Å². The fraction of sp³-hybridized carbons (Fsp3) is 0.852. The van der Waals surface area contributed by atoms with E-state index in [1.807, 2.05) is 6.08 Å². The van der Waals surface area contributed by atoms with Crippen LogP contribution in [0.25, 0.3) is 0 Å². The number of aliphatic hydroxyl groups excluding tert-OH is 1. The number of allylic oxidation sites excluding steroid dienone is 1. The molecule has 0 aromatic heterocycles. The van der Waals surface area contributed by atoms with E-state index in [1.165, 1.54) is 32.6 Å². The second-order valence-electron chi connectivity index (χ2n) is 12.9. The Morgan fingerprint density at radius 1 is 1.06 bits per heavy atom. The third kappa shape index (κ3) is 2.72. The number of hydrogen-bond acceptors (Lipinski definition) is 5. The van der Waals surface area contributed by atoms with Crippen molar-refractivity contribution in [3.05, 3.63) is 11.6 Å². The number of rotatable bonds is 1. The normalized spacial score (nSPS) is 51.3. The molecule has 178 valence electrons. The number of aliphatic hydroxyl groups is 1. The van der Waals surface area contributed by atoms with Crippen LogP contribution in [-0.4, -0.2) is 29.4 Å². The molecule has 1 aliphatic heterocycles. The first kappa shape index (κ1) is 22.4. The minimum atomic E-state index is -1.17. The molecule has 0 bridgehead atoms. The first-order valence-corrected chi connectivity index (χ1v) is 12.6. The lowest BCUT2D eigenvalue weighted by atomic mass is 9.34. The first-order valence-electron chi connectivity index (χ1n) is 12.6. The summed E-state index contributed by atoms with van der Waals surface area (Å²) in [5.74, 6) is 0.196. The Kier molecular flexibility index (Phi) is 4.79. The molecule has 4 aliphatic carbocycles. The summed E-state index contributed by atoms with van der Waals surface area (Å²) in [4.78, 5) is 24.8. The van der Waals surface area contributed by atoms with Crippen LogP contribution < -0.4 is 0 Å². The maximum atomic E-state index is 12.5.